The van der Waals surface area contributed by atoms with E-state index in [0.717, 1.165) is 40.7 Å². The Kier molecular flexibility index (Phi) is 6.86. The van der Waals surface area contributed by atoms with E-state index in [1.54, 1.807) is 11.1 Å². The summed E-state index contributed by atoms with van der Waals surface area (Å²) in [7, 11) is -3.18. The second-order valence-corrected chi connectivity index (χ2v) is 10.6. The summed E-state index contributed by atoms with van der Waals surface area (Å²) < 4.78 is 62.0. The maximum absolute atomic E-state index is 13.1. The third-order valence-corrected chi connectivity index (χ3v) is 7.59. The minimum Gasteiger partial charge on any atom is -0.361 e. The number of H-pyrrole nitrogens is 1. The van der Waals surface area contributed by atoms with Crippen molar-refractivity contribution < 1.29 is 31.2 Å². The minimum absolute atomic E-state index is 0.0597. The highest BCUT2D eigenvalue weighted by atomic mass is 32.2. The number of alkyl halides is 3. The van der Waals surface area contributed by atoms with Crippen molar-refractivity contribution in [3.63, 3.8) is 0 Å². The van der Waals surface area contributed by atoms with E-state index in [1.807, 2.05) is 24.3 Å². The molecule has 1 aliphatic heterocycles. The number of rotatable bonds is 5. The maximum Gasteiger partial charge on any atom is 0.416 e. The zero-order valence-electron chi connectivity index (χ0n) is 18.4. The van der Waals surface area contributed by atoms with Crippen LogP contribution < -0.4 is 10.9 Å². The number of hydrazine groups is 1. The van der Waals surface area contributed by atoms with E-state index in [9.17, 15) is 31.2 Å². The maximum atomic E-state index is 13.1. The number of benzene rings is 2. The highest BCUT2D eigenvalue weighted by Gasteiger charge is 2.33. The number of hydrogen-bond acceptors (Lipinski definition) is 5. The van der Waals surface area contributed by atoms with Crippen molar-refractivity contribution in [3.05, 3.63) is 71.4 Å². The quantitative estimate of drug-likeness (QED) is 0.458. The third kappa shape index (κ3) is 5.82. The van der Waals surface area contributed by atoms with E-state index >= 15 is 0 Å². The molecule has 1 atom stereocenters. The first-order valence-electron chi connectivity index (χ1n) is 10.8. The fourth-order valence-corrected chi connectivity index (χ4v) is 5.25. The van der Waals surface area contributed by atoms with Crippen LogP contribution in [0.2, 0.25) is 0 Å². The van der Waals surface area contributed by atoms with Crippen LogP contribution in [0.5, 0.6) is 0 Å². The number of fused-ring (bicyclic) bond motifs is 1. The van der Waals surface area contributed by atoms with Gasteiger partial charge in [0.15, 0.2) is 9.84 Å². The predicted octanol–water partition coefficient (Wildman–Crippen LogP) is 2.29. The number of carbonyl (C=O) groups excluding carboxylic acids is 2. The number of sulfone groups is 1. The molecule has 2 aromatic carbocycles. The van der Waals surface area contributed by atoms with E-state index < -0.39 is 39.4 Å². The Hall–Kier alpha value is -3.38. The molecule has 1 aromatic heterocycles. The van der Waals surface area contributed by atoms with Crippen LogP contribution in [0.25, 0.3) is 10.9 Å². The van der Waals surface area contributed by atoms with Gasteiger partial charge in [-0.25, -0.2) is 8.42 Å². The van der Waals surface area contributed by atoms with Gasteiger partial charge in [-0.1, -0.05) is 18.2 Å². The molecule has 2 amide bonds. The summed E-state index contributed by atoms with van der Waals surface area (Å²) in [6.45, 7) is 0.325. The van der Waals surface area contributed by atoms with Crippen molar-refractivity contribution in [3.8, 4) is 0 Å². The fourth-order valence-electron chi connectivity index (χ4n) is 4.02. The van der Waals surface area contributed by atoms with Crippen LogP contribution in [0.15, 0.2) is 54.7 Å². The van der Waals surface area contributed by atoms with Crippen molar-refractivity contribution in [2.45, 2.75) is 18.6 Å². The van der Waals surface area contributed by atoms with Gasteiger partial charge >= 0.3 is 6.18 Å². The molecule has 0 saturated carbocycles. The molecule has 3 aromatic rings. The normalized spacial score (nSPS) is 17.1. The molecule has 1 aliphatic rings. The zero-order valence-corrected chi connectivity index (χ0v) is 19.2. The standard InChI is InChI=1S/C23H23F3N4O4S/c24-23(25,26)17-7-5-15(6-8-17)21(31)28-29-22(32)20(30-9-11-35(33,34)12-10-30)13-16-14-27-19-4-2-1-3-18(16)19/h1-8,14,20,27H,9-13H2,(H,28,31)(H,29,32)/t20-/m0/s1. The highest BCUT2D eigenvalue weighted by molar-refractivity contribution is 7.91. The molecule has 4 rings (SSSR count). The first-order chi connectivity index (χ1) is 16.5. The second-order valence-electron chi connectivity index (χ2n) is 8.29. The SMILES string of the molecule is O=C(NNC(=O)[C@H](Cc1c[nH]c2ccccc12)N1CCS(=O)(=O)CC1)c1ccc(C(F)(F)F)cc1. The molecule has 0 aliphatic carbocycles. The number of aromatic amines is 1. The predicted molar refractivity (Wildman–Crippen MR) is 123 cm³/mol. The topological polar surface area (TPSA) is 111 Å². The molecular formula is C23H23F3N4O4S. The summed E-state index contributed by atoms with van der Waals surface area (Å²) in [5.74, 6) is -1.50. The first kappa shape index (κ1) is 24.7. The number of halogens is 3. The van der Waals surface area contributed by atoms with Crippen molar-refractivity contribution in [2.75, 3.05) is 24.6 Å². The molecule has 0 spiro atoms. The molecular weight excluding hydrogens is 485 g/mol. The van der Waals surface area contributed by atoms with Crippen molar-refractivity contribution in [1.82, 2.24) is 20.7 Å². The molecule has 1 fully saturated rings. The Morgan fingerprint density at radius 1 is 1.00 bits per heavy atom. The van der Waals surface area contributed by atoms with E-state index in [4.69, 9.17) is 0 Å². The van der Waals surface area contributed by atoms with Crippen molar-refractivity contribution >= 4 is 32.6 Å². The van der Waals surface area contributed by atoms with E-state index in [2.05, 4.69) is 15.8 Å². The largest absolute Gasteiger partial charge is 0.416 e. The summed E-state index contributed by atoms with van der Waals surface area (Å²) in [4.78, 5) is 30.4. The zero-order chi connectivity index (χ0) is 25.2. The van der Waals surface area contributed by atoms with Gasteiger partial charge in [-0.2, -0.15) is 13.2 Å². The van der Waals surface area contributed by atoms with Gasteiger partial charge in [0, 0.05) is 35.8 Å². The Morgan fingerprint density at radius 2 is 1.66 bits per heavy atom. The highest BCUT2D eigenvalue weighted by Crippen LogP contribution is 2.29. The molecule has 186 valence electrons. The number of nitrogens with one attached hydrogen (secondary N) is 3. The number of carbonyl (C=O) groups is 2. The van der Waals surface area contributed by atoms with Crippen LogP contribution in [0.1, 0.15) is 21.5 Å². The first-order valence-corrected chi connectivity index (χ1v) is 12.6. The van der Waals surface area contributed by atoms with Gasteiger partial charge in [0.05, 0.1) is 23.1 Å². The Labute approximate surface area is 199 Å². The summed E-state index contributed by atoms with van der Waals surface area (Å²) in [5.41, 5.74) is 5.37. The Morgan fingerprint density at radius 3 is 2.31 bits per heavy atom. The van der Waals surface area contributed by atoms with Crippen molar-refractivity contribution in [2.24, 2.45) is 0 Å². The average Bonchev–Trinajstić information content (AvgIpc) is 3.23. The lowest BCUT2D eigenvalue weighted by Crippen LogP contribution is -2.56. The molecule has 8 nitrogen and oxygen atoms in total. The lowest BCUT2D eigenvalue weighted by molar-refractivity contribution is -0.137. The van der Waals surface area contributed by atoms with Gasteiger partial charge < -0.3 is 4.98 Å². The van der Waals surface area contributed by atoms with E-state index in [-0.39, 0.29) is 36.6 Å². The molecule has 1 saturated heterocycles. The monoisotopic (exact) mass is 508 g/mol. The smallest absolute Gasteiger partial charge is 0.361 e. The van der Waals surface area contributed by atoms with Gasteiger partial charge in [-0.3, -0.25) is 25.3 Å². The van der Waals surface area contributed by atoms with Gasteiger partial charge in [-0.15, -0.1) is 0 Å². The van der Waals surface area contributed by atoms with Gasteiger partial charge in [0.25, 0.3) is 11.8 Å². The van der Waals surface area contributed by atoms with Crippen LogP contribution in [-0.2, 0) is 27.2 Å². The summed E-state index contributed by atoms with van der Waals surface area (Å²) in [5, 5.41) is 0.920. The summed E-state index contributed by atoms with van der Waals surface area (Å²) >= 11 is 0. The molecule has 35 heavy (non-hydrogen) atoms. The minimum atomic E-state index is -4.53. The molecule has 0 radical (unpaired) electrons. The third-order valence-electron chi connectivity index (χ3n) is 5.98. The Balaban J connectivity index is 1.48. The fraction of sp³-hybridized carbons (Fsp3) is 0.304. The lowest BCUT2D eigenvalue weighted by Gasteiger charge is -2.33. The van der Waals surface area contributed by atoms with Crippen LogP contribution in [0.4, 0.5) is 13.2 Å². The van der Waals surface area contributed by atoms with Crippen LogP contribution in [-0.4, -0.2) is 60.8 Å². The number of nitrogens with zero attached hydrogens (tertiary/aromatic N) is 1. The van der Waals surface area contributed by atoms with Crippen LogP contribution >= 0.6 is 0 Å². The second kappa shape index (κ2) is 9.70. The number of amides is 2. The van der Waals surface area contributed by atoms with E-state index in [1.165, 1.54) is 0 Å². The van der Waals surface area contributed by atoms with Gasteiger partial charge in [0.2, 0.25) is 0 Å². The molecule has 2 heterocycles. The van der Waals surface area contributed by atoms with E-state index in [0.29, 0.717) is 0 Å². The molecule has 3 N–H and O–H groups in total. The molecule has 0 unspecified atom stereocenters. The van der Waals surface area contributed by atoms with Crippen molar-refractivity contribution in [1.29, 1.82) is 0 Å². The number of aromatic nitrogens is 1. The molecule has 12 heteroatoms. The van der Waals surface area contributed by atoms with Gasteiger partial charge in [0.1, 0.15) is 0 Å². The summed E-state index contributed by atoms with van der Waals surface area (Å²) in [6, 6.07) is 10.4. The number of hydrogen-bond donors (Lipinski definition) is 3. The molecule has 0 bridgehead atoms. The summed E-state index contributed by atoms with van der Waals surface area (Å²) in [6.07, 6.45) is -2.49. The number of para-hydroxylation sites is 1. The van der Waals surface area contributed by atoms with Crippen LogP contribution in [0.3, 0.4) is 0 Å². The lowest BCUT2D eigenvalue weighted by atomic mass is 10.0. The van der Waals surface area contributed by atoms with Crippen LogP contribution in [0, 0.1) is 0 Å². The average molecular weight is 509 g/mol. The Bertz CT molecular complexity index is 1320. The van der Waals surface area contributed by atoms with Gasteiger partial charge in [-0.05, 0) is 42.3 Å².